The number of rotatable bonds is 2. The molecular formula is C17H17NO3S. The number of sulfonamides is 1. The molecule has 1 amide bonds. The van der Waals surface area contributed by atoms with Gasteiger partial charge in [0.1, 0.15) is 4.90 Å². The van der Waals surface area contributed by atoms with E-state index in [0.717, 1.165) is 26.6 Å². The summed E-state index contributed by atoms with van der Waals surface area (Å²) in [6, 6.07) is 10.4. The van der Waals surface area contributed by atoms with Crippen molar-refractivity contribution in [1.29, 1.82) is 0 Å². The van der Waals surface area contributed by atoms with E-state index in [9.17, 15) is 13.2 Å². The lowest BCUT2D eigenvalue weighted by Gasteiger charge is -2.19. The molecule has 2 aromatic rings. The first-order valence-corrected chi connectivity index (χ1v) is 8.49. The molecule has 0 fully saturated rings. The van der Waals surface area contributed by atoms with E-state index >= 15 is 0 Å². The van der Waals surface area contributed by atoms with Crippen molar-refractivity contribution in [2.24, 2.45) is 0 Å². The summed E-state index contributed by atoms with van der Waals surface area (Å²) in [6.45, 7) is 5.95. The van der Waals surface area contributed by atoms with Crippen LogP contribution in [0.15, 0.2) is 41.3 Å². The summed E-state index contributed by atoms with van der Waals surface area (Å²) < 4.78 is 26.2. The SMILES string of the molecule is Cc1cc(C)c(CN2C(=O)c3ccccc3S2(=O)=O)c(C)c1. The minimum absolute atomic E-state index is 0.0772. The van der Waals surface area contributed by atoms with Crippen LogP contribution < -0.4 is 0 Å². The Kier molecular flexibility index (Phi) is 3.33. The van der Waals surface area contributed by atoms with Gasteiger partial charge in [-0.2, -0.15) is 0 Å². The maximum absolute atomic E-state index is 12.6. The second-order valence-corrected chi connectivity index (χ2v) is 7.52. The Bertz CT molecular complexity index is 862. The van der Waals surface area contributed by atoms with Crippen LogP contribution in [0.3, 0.4) is 0 Å². The summed E-state index contributed by atoms with van der Waals surface area (Å²) in [5, 5.41) is 0. The number of hydrogen-bond acceptors (Lipinski definition) is 3. The van der Waals surface area contributed by atoms with Crippen LogP contribution in [-0.2, 0) is 16.6 Å². The molecule has 0 saturated carbocycles. The van der Waals surface area contributed by atoms with Crippen LogP contribution in [0.25, 0.3) is 0 Å². The Morgan fingerprint density at radius 2 is 1.59 bits per heavy atom. The van der Waals surface area contributed by atoms with Gasteiger partial charge in [-0.3, -0.25) is 4.79 Å². The number of carbonyl (C=O) groups excluding carboxylic acids is 1. The monoisotopic (exact) mass is 315 g/mol. The first kappa shape index (κ1) is 14.8. The second-order valence-electron chi connectivity index (χ2n) is 5.69. The molecule has 2 aromatic carbocycles. The summed E-state index contributed by atoms with van der Waals surface area (Å²) in [7, 11) is -3.75. The van der Waals surface area contributed by atoms with Gasteiger partial charge in [-0.05, 0) is 49.6 Å². The van der Waals surface area contributed by atoms with E-state index in [-0.39, 0.29) is 17.0 Å². The molecule has 0 aliphatic carbocycles. The largest absolute Gasteiger partial charge is 0.269 e. The van der Waals surface area contributed by atoms with Crippen molar-refractivity contribution in [1.82, 2.24) is 4.31 Å². The summed E-state index contributed by atoms with van der Waals surface area (Å²) in [6.07, 6.45) is 0. The Hall–Kier alpha value is -2.14. The van der Waals surface area contributed by atoms with Crippen LogP contribution in [0.5, 0.6) is 0 Å². The zero-order valence-corrected chi connectivity index (χ0v) is 13.6. The van der Waals surface area contributed by atoms with E-state index in [1.54, 1.807) is 18.2 Å². The number of fused-ring (bicyclic) bond motifs is 1. The smallest absolute Gasteiger partial charge is 0.268 e. The normalized spacial score (nSPS) is 16.0. The molecule has 0 saturated heterocycles. The minimum Gasteiger partial charge on any atom is -0.268 e. The van der Waals surface area contributed by atoms with E-state index in [1.165, 1.54) is 6.07 Å². The van der Waals surface area contributed by atoms with E-state index in [0.29, 0.717) is 0 Å². The molecule has 1 heterocycles. The lowest BCUT2D eigenvalue weighted by molar-refractivity contribution is 0.0864. The molecule has 0 radical (unpaired) electrons. The van der Waals surface area contributed by atoms with Gasteiger partial charge in [0.15, 0.2) is 0 Å². The first-order valence-electron chi connectivity index (χ1n) is 7.05. The van der Waals surface area contributed by atoms with Crippen molar-refractivity contribution in [3.8, 4) is 0 Å². The average molecular weight is 315 g/mol. The maximum Gasteiger partial charge on any atom is 0.269 e. The molecule has 0 atom stereocenters. The van der Waals surface area contributed by atoms with Gasteiger partial charge in [-0.1, -0.05) is 29.8 Å². The van der Waals surface area contributed by atoms with E-state index in [2.05, 4.69) is 0 Å². The van der Waals surface area contributed by atoms with E-state index in [4.69, 9.17) is 0 Å². The zero-order chi connectivity index (χ0) is 16.1. The quantitative estimate of drug-likeness (QED) is 0.856. The molecule has 1 aliphatic rings. The summed E-state index contributed by atoms with van der Waals surface area (Å²) in [5.41, 5.74) is 4.26. The fraction of sp³-hybridized carbons (Fsp3) is 0.235. The first-order chi connectivity index (χ1) is 10.3. The van der Waals surface area contributed by atoms with Crippen molar-refractivity contribution < 1.29 is 13.2 Å². The highest BCUT2D eigenvalue weighted by Crippen LogP contribution is 2.32. The second kappa shape index (κ2) is 4.95. The van der Waals surface area contributed by atoms with Gasteiger partial charge in [0.25, 0.3) is 15.9 Å². The number of nitrogens with zero attached hydrogens (tertiary/aromatic N) is 1. The average Bonchev–Trinajstić information content (AvgIpc) is 2.63. The summed E-state index contributed by atoms with van der Waals surface area (Å²) >= 11 is 0. The van der Waals surface area contributed by atoms with Gasteiger partial charge in [-0.15, -0.1) is 0 Å². The number of hydrogen-bond donors (Lipinski definition) is 0. The van der Waals surface area contributed by atoms with Gasteiger partial charge in [0.05, 0.1) is 12.1 Å². The standard InChI is InChI=1S/C17H17NO3S/c1-11-8-12(2)15(13(3)9-11)10-18-17(19)14-6-4-5-7-16(14)22(18,20)21/h4-9H,10H2,1-3H3. The fourth-order valence-corrected chi connectivity index (χ4v) is 4.53. The molecule has 22 heavy (non-hydrogen) atoms. The number of benzene rings is 2. The van der Waals surface area contributed by atoms with E-state index < -0.39 is 15.9 Å². The molecule has 0 unspecified atom stereocenters. The van der Waals surface area contributed by atoms with Crippen molar-refractivity contribution in [2.45, 2.75) is 32.2 Å². The third-order valence-electron chi connectivity index (χ3n) is 4.05. The van der Waals surface area contributed by atoms with Crippen LogP contribution >= 0.6 is 0 Å². The molecule has 0 spiro atoms. The predicted octanol–water partition coefficient (Wildman–Crippen LogP) is 2.96. The Morgan fingerprint density at radius 3 is 2.18 bits per heavy atom. The summed E-state index contributed by atoms with van der Waals surface area (Å²) in [4.78, 5) is 12.6. The van der Waals surface area contributed by atoms with Crippen molar-refractivity contribution in [2.75, 3.05) is 0 Å². The number of carbonyl (C=O) groups is 1. The van der Waals surface area contributed by atoms with Crippen molar-refractivity contribution in [3.63, 3.8) is 0 Å². The molecule has 3 rings (SSSR count). The molecule has 5 heteroatoms. The zero-order valence-electron chi connectivity index (χ0n) is 12.8. The lowest BCUT2D eigenvalue weighted by atomic mass is 10.00. The van der Waals surface area contributed by atoms with Crippen LogP contribution in [0.1, 0.15) is 32.6 Å². The van der Waals surface area contributed by atoms with Crippen LogP contribution in [0, 0.1) is 20.8 Å². The molecule has 1 aliphatic heterocycles. The molecule has 0 bridgehead atoms. The number of amides is 1. The molecule has 0 aromatic heterocycles. The van der Waals surface area contributed by atoms with Crippen LogP contribution in [0.4, 0.5) is 0 Å². The van der Waals surface area contributed by atoms with Gasteiger partial charge < -0.3 is 0 Å². The highest BCUT2D eigenvalue weighted by Gasteiger charge is 2.41. The molecule has 4 nitrogen and oxygen atoms in total. The van der Waals surface area contributed by atoms with Gasteiger partial charge in [0, 0.05) is 0 Å². The fourth-order valence-electron chi connectivity index (χ4n) is 2.99. The van der Waals surface area contributed by atoms with Crippen LogP contribution in [0.2, 0.25) is 0 Å². The lowest BCUT2D eigenvalue weighted by Crippen LogP contribution is -2.30. The molecule has 0 N–H and O–H groups in total. The topological polar surface area (TPSA) is 54.5 Å². The van der Waals surface area contributed by atoms with Gasteiger partial charge in [-0.25, -0.2) is 12.7 Å². The predicted molar refractivity (Wildman–Crippen MR) is 84.2 cm³/mol. The molecular weight excluding hydrogens is 298 g/mol. The Morgan fingerprint density at radius 1 is 1.00 bits per heavy atom. The van der Waals surface area contributed by atoms with Crippen molar-refractivity contribution >= 4 is 15.9 Å². The molecule has 114 valence electrons. The summed E-state index contributed by atoms with van der Waals surface area (Å²) in [5.74, 6) is -0.449. The third-order valence-corrected chi connectivity index (χ3v) is 5.84. The van der Waals surface area contributed by atoms with Gasteiger partial charge >= 0.3 is 0 Å². The highest BCUT2D eigenvalue weighted by atomic mass is 32.2. The third kappa shape index (κ3) is 2.13. The number of aryl methyl sites for hydroxylation is 3. The minimum atomic E-state index is -3.75. The maximum atomic E-state index is 12.6. The Balaban J connectivity index is 2.07. The highest BCUT2D eigenvalue weighted by molar-refractivity contribution is 7.90. The van der Waals surface area contributed by atoms with Gasteiger partial charge in [0.2, 0.25) is 0 Å². The van der Waals surface area contributed by atoms with E-state index in [1.807, 2.05) is 32.9 Å². The van der Waals surface area contributed by atoms with Crippen molar-refractivity contribution in [3.05, 3.63) is 64.2 Å². The van der Waals surface area contributed by atoms with Crippen LogP contribution in [-0.4, -0.2) is 18.6 Å². The Labute approximate surface area is 130 Å².